The molecule has 24 heavy (non-hydrogen) atoms. The minimum Gasteiger partial charge on any atom is -0.296 e. The minimum absolute atomic E-state index is 0.0962. The zero-order chi connectivity index (χ0) is 17.1. The van der Waals surface area contributed by atoms with Crippen LogP contribution in [0.1, 0.15) is 10.4 Å². The highest BCUT2D eigenvalue weighted by Gasteiger charge is 2.13. The van der Waals surface area contributed by atoms with Gasteiger partial charge in [-0.05, 0) is 36.4 Å². The highest BCUT2D eigenvalue weighted by Crippen LogP contribution is 2.26. The third-order valence-electron chi connectivity index (χ3n) is 3.08. The molecule has 3 rings (SSSR count). The van der Waals surface area contributed by atoms with Crippen LogP contribution in [0, 0.1) is 15.9 Å². The highest BCUT2D eigenvalue weighted by molar-refractivity contribution is 7.18. The van der Waals surface area contributed by atoms with Crippen molar-refractivity contribution >= 4 is 28.1 Å². The summed E-state index contributed by atoms with van der Waals surface area (Å²) < 4.78 is 12.9. The first kappa shape index (κ1) is 15.7. The van der Waals surface area contributed by atoms with Crippen LogP contribution in [0.25, 0.3) is 10.6 Å². The lowest BCUT2D eigenvalue weighted by atomic mass is 10.2. The van der Waals surface area contributed by atoms with Crippen LogP contribution in [-0.2, 0) is 0 Å². The lowest BCUT2D eigenvalue weighted by molar-refractivity contribution is -0.384. The van der Waals surface area contributed by atoms with Crippen molar-refractivity contribution in [2.24, 2.45) is 0 Å². The topological polar surface area (TPSA) is 98.0 Å². The summed E-state index contributed by atoms with van der Waals surface area (Å²) in [6.07, 6.45) is 0. The summed E-state index contributed by atoms with van der Waals surface area (Å²) in [5, 5.41) is 21.8. The van der Waals surface area contributed by atoms with E-state index >= 15 is 0 Å². The van der Waals surface area contributed by atoms with Gasteiger partial charge >= 0.3 is 0 Å². The smallest absolute Gasteiger partial charge is 0.269 e. The number of hydrogen-bond donors (Lipinski definition) is 1. The number of amides is 1. The van der Waals surface area contributed by atoms with Gasteiger partial charge in [-0.25, -0.2) is 4.39 Å². The molecule has 0 unspecified atom stereocenters. The Labute approximate surface area is 138 Å². The molecule has 0 spiro atoms. The van der Waals surface area contributed by atoms with Crippen LogP contribution in [0.2, 0.25) is 0 Å². The van der Waals surface area contributed by atoms with Crippen LogP contribution in [0.3, 0.4) is 0 Å². The predicted octanol–water partition coefficient (Wildman–Crippen LogP) is 3.50. The van der Waals surface area contributed by atoms with Gasteiger partial charge in [-0.1, -0.05) is 11.3 Å². The molecular weight excluding hydrogens is 335 g/mol. The van der Waals surface area contributed by atoms with E-state index < -0.39 is 10.8 Å². The second-order valence-electron chi connectivity index (χ2n) is 4.68. The average Bonchev–Trinajstić information content (AvgIpc) is 3.04. The number of benzene rings is 2. The van der Waals surface area contributed by atoms with Gasteiger partial charge in [-0.15, -0.1) is 10.2 Å². The fraction of sp³-hybridized carbons (Fsp3) is 0. The molecule has 1 heterocycles. The van der Waals surface area contributed by atoms with Crippen LogP contribution < -0.4 is 5.32 Å². The van der Waals surface area contributed by atoms with Crippen molar-refractivity contribution in [3.8, 4) is 10.6 Å². The van der Waals surface area contributed by atoms with Crippen molar-refractivity contribution in [2.75, 3.05) is 5.32 Å². The molecule has 1 amide bonds. The molecule has 7 nitrogen and oxygen atoms in total. The Kier molecular flexibility index (Phi) is 4.25. The van der Waals surface area contributed by atoms with Gasteiger partial charge < -0.3 is 0 Å². The lowest BCUT2D eigenvalue weighted by Gasteiger charge is -2.00. The Morgan fingerprint density at radius 2 is 1.75 bits per heavy atom. The van der Waals surface area contributed by atoms with Crippen LogP contribution >= 0.6 is 11.3 Å². The maximum atomic E-state index is 12.9. The summed E-state index contributed by atoms with van der Waals surface area (Å²) in [4.78, 5) is 22.2. The summed E-state index contributed by atoms with van der Waals surface area (Å²) in [6.45, 7) is 0. The molecule has 2 aromatic carbocycles. The fourth-order valence-electron chi connectivity index (χ4n) is 1.89. The fourth-order valence-corrected chi connectivity index (χ4v) is 2.63. The third-order valence-corrected chi connectivity index (χ3v) is 3.96. The molecule has 0 saturated heterocycles. The Bertz CT molecular complexity index is 894. The van der Waals surface area contributed by atoms with E-state index in [-0.39, 0.29) is 22.2 Å². The van der Waals surface area contributed by atoms with Gasteiger partial charge in [-0.3, -0.25) is 20.2 Å². The van der Waals surface area contributed by atoms with Crippen LogP contribution in [0.15, 0.2) is 48.5 Å². The van der Waals surface area contributed by atoms with Crippen molar-refractivity contribution in [1.29, 1.82) is 0 Å². The van der Waals surface area contributed by atoms with Gasteiger partial charge in [0.15, 0.2) is 0 Å². The van der Waals surface area contributed by atoms with E-state index in [1.54, 1.807) is 12.1 Å². The zero-order valence-electron chi connectivity index (χ0n) is 12.0. The van der Waals surface area contributed by atoms with Gasteiger partial charge in [0.25, 0.3) is 11.6 Å². The molecule has 0 bridgehead atoms. The number of nitrogens with zero attached hydrogens (tertiary/aromatic N) is 3. The normalized spacial score (nSPS) is 10.4. The van der Waals surface area contributed by atoms with Gasteiger partial charge in [0, 0.05) is 23.3 Å². The monoisotopic (exact) mass is 344 g/mol. The van der Waals surface area contributed by atoms with E-state index in [0.717, 1.165) is 11.3 Å². The number of carbonyl (C=O) groups is 1. The van der Waals surface area contributed by atoms with Crippen LogP contribution in [-0.4, -0.2) is 21.0 Å². The van der Waals surface area contributed by atoms with Gasteiger partial charge in [0.1, 0.15) is 10.8 Å². The number of halogens is 1. The largest absolute Gasteiger partial charge is 0.296 e. The third kappa shape index (κ3) is 3.41. The van der Waals surface area contributed by atoms with Gasteiger partial charge in [0.2, 0.25) is 5.13 Å². The number of nitro benzene ring substituents is 1. The zero-order valence-corrected chi connectivity index (χ0v) is 12.8. The van der Waals surface area contributed by atoms with Crippen molar-refractivity contribution in [1.82, 2.24) is 10.2 Å². The first-order valence-electron chi connectivity index (χ1n) is 6.68. The van der Waals surface area contributed by atoms with Crippen molar-refractivity contribution < 1.29 is 14.1 Å². The van der Waals surface area contributed by atoms with Crippen molar-refractivity contribution in [3.05, 3.63) is 70.0 Å². The molecule has 0 atom stereocenters. The number of nitrogens with one attached hydrogen (secondary N) is 1. The molecule has 0 fully saturated rings. The second kappa shape index (κ2) is 6.50. The van der Waals surface area contributed by atoms with Crippen LogP contribution in [0.5, 0.6) is 0 Å². The molecule has 9 heteroatoms. The first-order valence-corrected chi connectivity index (χ1v) is 7.50. The van der Waals surface area contributed by atoms with Crippen molar-refractivity contribution in [3.63, 3.8) is 0 Å². The summed E-state index contributed by atoms with van der Waals surface area (Å²) in [6, 6.07) is 11.0. The van der Waals surface area contributed by atoms with E-state index in [4.69, 9.17) is 0 Å². The molecule has 0 aliphatic heterocycles. The van der Waals surface area contributed by atoms with Crippen molar-refractivity contribution in [2.45, 2.75) is 0 Å². The summed E-state index contributed by atoms with van der Waals surface area (Å²) in [7, 11) is 0. The molecular formula is C15H9FN4O3S. The van der Waals surface area contributed by atoms with Crippen LogP contribution in [0.4, 0.5) is 15.2 Å². The predicted molar refractivity (Wildman–Crippen MR) is 86.4 cm³/mol. The van der Waals surface area contributed by atoms with Gasteiger partial charge in [0.05, 0.1) is 4.92 Å². The summed E-state index contributed by atoms with van der Waals surface area (Å²) >= 11 is 1.14. The van der Waals surface area contributed by atoms with E-state index in [1.165, 1.54) is 36.4 Å². The van der Waals surface area contributed by atoms with E-state index in [2.05, 4.69) is 15.5 Å². The molecule has 1 N–H and O–H groups in total. The number of hydrogen-bond acceptors (Lipinski definition) is 6. The van der Waals surface area contributed by atoms with E-state index in [1.807, 2.05) is 0 Å². The Morgan fingerprint density at radius 1 is 1.08 bits per heavy atom. The Balaban J connectivity index is 1.73. The number of carbonyl (C=O) groups excluding carboxylic acids is 1. The number of rotatable bonds is 4. The number of aromatic nitrogens is 2. The van der Waals surface area contributed by atoms with Gasteiger partial charge in [-0.2, -0.15) is 0 Å². The lowest BCUT2D eigenvalue weighted by Crippen LogP contribution is -2.11. The number of non-ortho nitro benzene ring substituents is 1. The first-order chi connectivity index (χ1) is 11.5. The molecule has 1 aromatic heterocycles. The Morgan fingerprint density at radius 3 is 2.38 bits per heavy atom. The molecule has 120 valence electrons. The summed E-state index contributed by atoms with van der Waals surface area (Å²) in [5.74, 6) is -0.804. The SMILES string of the molecule is O=C(Nc1nnc(-c2ccc(F)cc2)s1)c1ccc([N+](=O)[O-])cc1. The second-order valence-corrected chi connectivity index (χ2v) is 5.65. The minimum atomic E-state index is -0.540. The van der Waals surface area contributed by atoms with E-state index in [0.29, 0.717) is 10.6 Å². The highest BCUT2D eigenvalue weighted by atomic mass is 32.1. The molecule has 0 aliphatic carbocycles. The maximum absolute atomic E-state index is 12.9. The quantitative estimate of drug-likeness (QED) is 0.577. The summed E-state index contributed by atoms with van der Waals surface area (Å²) in [5.41, 5.74) is 0.852. The maximum Gasteiger partial charge on any atom is 0.269 e. The number of anilines is 1. The molecule has 3 aromatic rings. The molecule has 0 aliphatic rings. The van der Waals surface area contributed by atoms with E-state index in [9.17, 15) is 19.3 Å². The standard InChI is InChI=1S/C15H9FN4O3S/c16-11-5-1-10(2-6-11)14-18-19-15(24-14)17-13(21)9-3-7-12(8-4-9)20(22)23/h1-8H,(H,17,19,21). The number of nitro groups is 1. The molecule has 0 radical (unpaired) electrons. The average molecular weight is 344 g/mol. The Hall–Kier alpha value is -3.20. The molecule has 0 saturated carbocycles.